The molecule has 0 bridgehead atoms. The summed E-state index contributed by atoms with van der Waals surface area (Å²) < 4.78 is 0. The zero-order chi connectivity index (χ0) is 11.0. The van der Waals surface area contributed by atoms with Crippen LogP contribution in [0, 0.1) is 0 Å². The molecule has 2 rings (SSSR count). The smallest absolute Gasteiger partial charge is 0.254 e. The van der Waals surface area contributed by atoms with Crippen LogP contribution in [-0.4, -0.2) is 31.4 Å². The van der Waals surface area contributed by atoms with E-state index in [1.807, 2.05) is 0 Å². The minimum absolute atomic E-state index is 0.0606. The Morgan fingerprint density at radius 3 is 3.00 bits per heavy atom. The van der Waals surface area contributed by atoms with Gasteiger partial charge in [0, 0.05) is 25.0 Å². The average Bonchev–Trinajstić information content (AvgIpc) is 2.52. The molecule has 15 heavy (non-hydrogen) atoms. The van der Waals surface area contributed by atoms with Gasteiger partial charge in [-0.25, -0.2) is 0 Å². The highest BCUT2D eigenvalue weighted by Crippen LogP contribution is 2.34. The number of anilines is 1. The number of fused-ring (bicyclic) bond motifs is 1. The third-order valence-electron chi connectivity index (χ3n) is 2.73. The molecule has 0 spiro atoms. The molecule has 2 heterocycles. The molecule has 1 aliphatic rings. The lowest BCUT2D eigenvalue weighted by atomic mass is 10.0. The Balaban J connectivity index is 2.44. The number of carbonyl (C=O) groups excluding carboxylic acids is 1. The normalized spacial score (nSPS) is 16.1. The van der Waals surface area contributed by atoms with E-state index in [0.717, 1.165) is 25.1 Å². The van der Waals surface area contributed by atoms with Gasteiger partial charge >= 0.3 is 0 Å². The first-order chi connectivity index (χ1) is 7.13. The number of amides is 1. The topological polar surface area (TPSA) is 58.4 Å². The summed E-state index contributed by atoms with van der Waals surface area (Å²) in [6.45, 7) is 1.90. The molecule has 0 saturated carbocycles. The van der Waals surface area contributed by atoms with Gasteiger partial charge in [-0.05, 0) is 19.0 Å². The minimum Gasteiger partial charge on any atom is -0.390 e. The maximum absolute atomic E-state index is 11.7. The van der Waals surface area contributed by atoms with E-state index in [1.54, 1.807) is 7.05 Å². The molecule has 5 heteroatoms. The number of thiophene rings is 1. The lowest BCUT2D eigenvalue weighted by Gasteiger charge is -2.22. The van der Waals surface area contributed by atoms with Crippen LogP contribution < -0.4 is 11.1 Å². The molecule has 0 fully saturated rings. The fraction of sp³-hybridized carbons (Fsp3) is 0.500. The summed E-state index contributed by atoms with van der Waals surface area (Å²) >= 11 is 1.54. The SMILES string of the molecule is CNC(=O)c1c(N)sc2c1CCN(C)C2. The lowest BCUT2D eigenvalue weighted by Crippen LogP contribution is -2.27. The van der Waals surface area contributed by atoms with Crippen LogP contribution in [0.4, 0.5) is 5.00 Å². The number of hydrogen-bond donors (Lipinski definition) is 2. The first-order valence-corrected chi connectivity index (χ1v) is 5.75. The van der Waals surface area contributed by atoms with Crippen molar-refractivity contribution in [2.24, 2.45) is 0 Å². The van der Waals surface area contributed by atoms with E-state index in [0.29, 0.717) is 10.6 Å². The second kappa shape index (κ2) is 3.83. The maximum atomic E-state index is 11.7. The Hall–Kier alpha value is -1.07. The van der Waals surface area contributed by atoms with Crippen LogP contribution in [0.3, 0.4) is 0 Å². The summed E-state index contributed by atoms with van der Waals surface area (Å²) in [6.07, 6.45) is 0.919. The lowest BCUT2D eigenvalue weighted by molar-refractivity contribution is 0.0963. The summed E-state index contributed by atoms with van der Waals surface area (Å²) in [6, 6.07) is 0. The molecule has 0 aliphatic carbocycles. The molecule has 0 unspecified atom stereocenters. The van der Waals surface area contributed by atoms with E-state index >= 15 is 0 Å². The zero-order valence-corrected chi connectivity index (χ0v) is 9.78. The molecule has 3 N–H and O–H groups in total. The first-order valence-electron chi connectivity index (χ1n) is 4.94. The fourth-order valence-corrected chi connectivity index (χ4v) is 3.12. The summed E-state index contributed by atoms with van der Waals surface area (Å²) in [7, 11) is 3.72. The second-order valence-corrected chi connectivity index (χ2v) is 4.95. The van der Waals surface area contributed by atoms with Crippen molar-refractivity contribution in [3.8, 4) is 0 Å². The van der Waals surface area contributed by atoms with Gasteiger partial charge in [-0.2, -0.15) is 0 Å². The van der Waals surface area contributed by atoms with Gasteiger partial charge in [0.1, 0.15) is 0 Å². The Kier molecular flexibility index (Phi) is 2.67. The molecular weight excluding hydrogens is 210 g/mol. The highest BCUT2D eigenvalue weighted by Gasteiger charge is 2.24. The molecule has 82 valence electrons. The molecular formula is C10H15N3OS. The van der Waals surface area contributed by atoms with Crippen LogP contribution in [0.2, 0.25) is 0 Å². The molecule has 0 saturated heterocycles. The summed E-state index contributed by atoms with van der Waals surface area (Å²) in [5.41, 5.74) is 7.73. The number of nitrogen functional groups attached to an aromatic ring is 1. The van der Waals surface area contributed by atoms with Gasteiger partial charge in [-0.15, -0.1) is 11.3 Å². The highest BCUT2D eigenvalue weighted by molar-refractivity contribution is 7.16. The monoisotopic (exact) mass is 225 g/mol. The number of nitrogens with two attached hydrogens (primary N) is 1. The van der Waals surface area contributed by atoms with Gasteiger partial charge in [-0.1, -0.05) is 0 Å². The van der Waals surface area contributed by atoms with Crippen LogP contribution in [-0.2, 0) is 13.0 Å². The number of hydrogen-bond acceptors (Lipinski definition) is 4. The Bertz CT molecular complexity index is 400. The van der Waals surface area contributed by atoms with Crippen molar-refractivity contribution in [2.75, 3.05) is 26.4 Å². The molecule has 1 aromatic rings. The number of likely N-dealkylation sites (N-methyl/N-ethyl adjacent to an activating group) is 1. The van der Waals surface area contributed by atoms with Crippen LogP contribution in [0.1, 0.15) is 20.8 Å². The summed E-state index contributed by atoms with van der Waals surface area (Å²) in [5.74, 6) is -0.0606. The maximum Gasteiger partial charge on any atom is 0.254 e. The van der Waals surface area contributed by atoms with Gasteiger partial charge in [0.2, 0.25) is 0 Å². The van der Waals surface area contributed by atoms with Crippen molar-refractivity contribution < 1.29 is 4.79 Å². The van der Waals surface area contributed by atoms with Crippen molar-refractivity contribution in [3.05, 3.63) is 16.0 Å². The summed E-state index contributed by atoms with van der Waals surface area (Å²) in [4.78, 5) is 15.1. The van der Waals surface area contributed by atoms with E-state index < -0.39 is 0 Å². The number of nitrogens with one attached hydrogen (secondary N) is 1. The van der Waals surface area contributed by atoms with Crippen molar-refractivity contribution >= 4 is 22.2 Å². The fourth-order valence-electron chi connectivity index (χ4n) is 1.93. The predicted octanol–water partition coefficient (Wildman–Crippen LogP) is 0.678. The predicted molar refractivity (Wildman–Crippen MR) is 62.2 cm³/mol. The molecule has 1 aromatic heterocycles. The van der Waals surface area contributed by atoms with E-state index in [-0.39, 0.29) is 5.91 Å². The third-order valence-corrected chi connectivity index (χ3v) is 3.78. The highest BCUT2D eigenvalue weighted by atomic mass is 32.1. The van der Waals surface area contributed by atoms with Crippen molar-refractivity contribution in [3.63, 3.8) is 0 Å². The first kappa shape index (κ1) is 10.4. The van der Waals surface area contributed by atoms with E-state index in [9.17, 15) is 4.79 Å². The number of rotatable bonds is 1. The molecule has 1 aliphatic heterocycles. The van der Waals surface area contributed by atoms with E-state index in [1.165, 1.54) is 16.2 Å². The molecule has 0 atom stereocenters. The van der Waals surface area contributed by atoms with Gasteiger partial charge in [0.05, 0.1) is 10.6 Å². The van der Waals surface area contributed by atoms with Crippen LogP contribution in [0.25, 0.3) is 0 Å². The van der Waals surface area contributed by atoms with E-state index in [4.69, 9.17) is 5.73 Å². The minimum atomic E-state index is -0.0606. The zero-order valence-electron chi connectivity index (χ0n) is 8.96. The van der Waals surface area contributed by atoms with Crippen molar-refractivity contribution in [2.45, 2.75) is 13.0 Å². The van der Waals surface area contributed by atoms with Gasteiger partial charge in [0.25, 0.3) is 5.91 Å². The molecule has 1 amide bonds. The average molecular weight is 225 g/mol. The number of nitrogens with zero attached hydrogens (tertiary/aromatic N) is 1. The Morgan fingerprint density at radius 1 is 1.60 bits per heavy atom. The van der Waals surface area contributed by atoms with Gasteiger partial charge < -0.3 is 16.0 Å². The standard InChI is InChI=1S/C10H15N3OS/c1-12-10(14)8-6-3-4-13(2)5-7(6)15-9(8)11/h3-5,11H2,1-2H3,(H,12,14). The Labute approximate surface area is 93.1 Å². The quantitative estimate of drug-likeness (QED) is 0.739. The van der Waals surface area contributed by atoms with Gasteiger partial charge in [-0.3, -0.25) is 4.79 Å². The largest absolute Gasteiger partial charge is 0.390 e. The van der Waals surface area contributed by atoms with Crippen molar-refractivity contribution in [1.29, 1.82) is 0 Å². The second-order valence-electron chi connectivity index (χ2n) is 3.81. The number of carbonyl (C=O) groups is 1. The molecule has 0 radical (unpaired) electrons. The summed E-state index contributed by atoms with van der Waals surface area (Å²) in [5, 5.41) is 3.29. The van der Waals surface area contributed by atoms with Crippen molar-refractivity contribution in [1.82, 2.24) is 10.2 Å². The van der Waals surface area contributed by atoms with Crippen LogP contribution in [0.5, 0.6) is 0 Å². The third kappa shape index (κ3) is 1.72. The Morgan fingerprint density at radius 2 is 2.33 bits per heavy atom. The van der Waals surface area contributed by atoms with Crippen LogP contribution in [0.15, 0.2) is 0 Å². The van der Waals surface area contributed by atoms with Crippen LogP contribution >= 0.6 is 11.3 Å². The van der Waals surface area contributed by atoms with Gasteiger partial charge in [0.15, 0.2) is 0 Å². The van der Waals surface area contributed by atoms with E-state index in [2.05, 4.69) is 17.3 Å². The molecule has 4 nitrogen and oxygen atoms in total. The molecule has 0 aromatic carbocycles.